The first-order chi connectivity index (χ1) is 10.8. The van der Waals surface area contributed by atoms with Crippen LogP contribution in [0.15, 0.2) is 36.4 Å². The molecule has 23 heavy (non-hydrogen) atoms. The lowest BCUT2D eigenvalue weighted by atomic mass is 9.91. The van der Waals surface area contributed by atoms with E-state index in [1.165, 1.54) is 21.9 Å². The van der Waals surface area contributed by atoms with Crippen molar-refractivity contribution in [2.24, 2.45) is 0 Å². The van der Waals surface area contributed by atoms with Crippen molar-refractivity contribution in [1.82, 2.24) is 4.90 Å². The lowest BCUT2D eigenvalue weighted by Gasteiger charge is -2.24. The molecule has 2 aromatic carbocycles. The molecule has 1 amide bonds. The van der Waals surface area contributed by atoms with Crippen molar-refractivity contribution in [3.05, 3.63) is 47.5 Å². The number of hydrogen-bond acceptors (Lipinski definition) is 2. The second-order valence-electron chi connectivity index (χ2n) is 7.43. The summed E-state index contributed by atoms with van der Waals surface area (Å²) in [7, 11) is 0. The molecule has 2 aromatic rings. The first-order valence-electron chi connectivity index (χ1n) is 8.31. The summed E-state index contributed by atoms with van der Waals surface area (Å²) in [5, 5.41) is 2.62. The lowest BCUT2D eigenvalue weighted by Crippen LogP contribution is -2.35. The maximum absolute atomic E-state index is 12.3. The maximum Gasteiger partial charge on any atom is 0.410 e. The van der Waals surface area contributed by atoms with E-state index in [-0.39, 0.29) is 6.09 Å². The molecule has 0 radical (unpaired) electrons. The molecule has 0 spiro atoms. The highest BCUT2D eigenvalue weighted by molar-refractivity contribution is 5.89. The van der Waals surface area contributed by atoms with E-state index in [9.17, 15) is 4.79 Å². The van der Waals surface area contributed by atoms with Crippen molar-refractivity contribution in [3.63, 3.8) is 0 Å². The van der Waals surface area contributed by atoms with Gasteiger partial charge in [-0.3, -0.25) is 0 Å². The molecule has 3 nitrogen and oxygen atoms in total. The third-order valence-electron chi connectivity index (χ3n) is 4.46. The van der Waals surface area contributed by atoms with Gasteiger partial charge in [-0.05, 0) is 56.0 Å². The molecule has 122 valence electrons. The Morgan fingerprint density at radius 2 is 1.83 bits per heavy atom. The normalized spacial score (nSPS) is 18.4. The molecule has 1 unspecified atom stereocenters. The second-order valence-corrected chi connectivity index (χ2v) is 7.43. The topological polar surface area (TPSA) is 29.5 Å². The standard InChI is InChI=1S/C20H25NO2/c1-14-9-10-17(18-8-6-5-7-16(14)18)15-11-12-21(13-15)19(22)23-20(2,3)4/h5-10,15H,11-13H2,1-4H3. The first-order valence-corrected chi connectivity index (χ1v) is 8.31. The van der Waals surface area contributed by atoms with Gasteiger partial charge in [-0.25, -0.2) is 4.79 Å². The monoisotopic (exact) mass is 311 g/mol. The molecule has 1 fully saturated rings. The van der Waals surface area contributed by atoms with E-state index in [1.807, 2.05) is 25.7 Å². The van der Waals surface area contributed by atoms with Crippen molar-refractivity contribution in [2.45, 2.75) is 45.6 Å². The molecule has 0 N–H and O–H groups in total. The fraction of sp³-hybridized carbons (Fsp3) is 0.450. The summed E-state index contributed by atoms with van der Waals surface area (Å²) in [5.41, 5.74) is 2.20. The number of rotatable bonds is 1. The van der Waals surface area contributed by atoms with Gasteiger partial charge in [0.1, 0.15) is 5.60 Å². The fourth-order valence-electron chi connectivity index (χ4n) is 3.34. The molecule has 1 aliphatic rings. The third kappa shape index (κ3) is 3.34. The van der Waals surface area contributed by atoms with Crippen LogP contribution in [-0.2, 0) is 4.74 Å². The van der Waals surface area contributed by atoms with E-state index in [2.05, 4.69) is 43.3 Å². The Labute approximate surface area is 138 Å². The van der Waals surface area contributed by atoms with Crippen molar-refractivity contribution in [2.75, 3.05) is 13.1 Å². The van der Waals surface area contributed by atoms with Gasteiger partial charge in [-0.2, -0.15) is 0 Å². The van der Waals surface area contributed by atoms with Crippen LogP contribution in [0.25, 0.3) is 10.8 Å². The van der Waals surface area contributed by atoms with Crippen LogP contribution in [-0.4, -0.2) is 29.7 Å². The van der Waals surface area contributed by atoms with Crippen LogP contribution in [0.2, 0.25) is 0 Å². The number of carbonyl (C=O) groups is 1. The van der Waals surface area contributed by atoms with Crippen LogP contribution >= 0.6 is 0 Å². The number of hydrogen-bond donors (Lipinski definition) is 0. The first kappa shape index (κ1) is 15.9. The number of ether oxygens (including phenoxy) is 1. The van der Waals surface area contributed by atoms with Gasteiger partial charge in [0.25, 0.3) is 0 Å². The average molecular weight is 311 g/mol. The Kier molecular flexibility index (Phi) is 4.05. The molecule has 1 heterocycles. The summed E-state index contributed by atoms with van der Waals surface area (Å²) in [5.74, 6) is 0.382. The van der Waals surface area contributed by atoms with Gasteiger partial charge in [-0.1, -0.05) is 36.4 Å². The van der Waals surface area contributed by atoms with E-state index in [1.54, 1.807) is 0 Å². The molecule has 0 bridgehead atoms. The summed E-state index contributed by atoms with van der Waals surface area (Å²) in [6, 6.07) is 12.9. The molecule has 3 rings (SSSR count). The average Bonchev–Trinajstić information content (AvgIpc) is 2.96. The predicted octanol–water partition coefficient (Wildman–Crippen LogP) is 4.87. The number of amides is 1. The van der Waals surface area contributed by atoms with Gasteiger partial charge >= 0.3 is 6.09 Å². The van der Waals surface area contributed by atoms with Gasteiger partial charge in [-0.15, -0.1) is 0 Å². The number of benzene rings is 2. The van der Waals surface area contributed by atoms with Crippen LogP contribution in [0.1, 0.15) is 44.2 Å². The summed E-state index contributed by atoms with van der Waals surface area (Å²) < 4.78 is 5.50. The lowest BCUT2D eigenvalue weighted by molar-refractivity contribution is 0.0292. The Hall–Kier alpha value is -2.03. The van der Waals surface area contributed by atoms with Gasteiger partial charge in [0.2, 0.25) is 0 Å². The zero-order chi connectivity index (χ0) is 16.6. The smallest absolute Gasteiger partial charge is 0.410 e. The summed E-state index contributed by atoms with van der Waals surface area (Å²) in [4.78, 5) is 14.1. The number of carbonyl (C=O) groups excluding carboxylic acids is 1. The maximum atomic E-state index is 12.3. The van der Waals surface area contributed by atoms with Crippen LogP contribution in [0.3, 0.4) is 0 Å². The summed E-state index contributed by atoms with van der Waals surface area (Å²) >= 11 is 0. The van der Waals surface area contributed by atoms with E-state index in [4.69, 9.17) is 4.74 Å². The zero-order valence-corrected chi connectivity index (χ0v) is 14.4. The van der Waals surface area contributed by atoms with Gasteiger partial charge in [0.15, 0.2) is 0 Å². The molecule has 1 saturated heterocycles. The number of nitrogens with zero attached hydrogens (tertiary/aromatic N) is 1. The SMILES string of the molecule is Cc1ccc(C2CCN(C(=O)OC(C)(C)C)C2)c2ccccc12. The molecule has 1 atom stereocenters. The van der Waals surface area contributed by atoms with E-state index in [0.717, 1.165) is 19.5 Å². The van der Waals surface area contributed by atoms with E-state index < -0.39 is 5.60 Å². The molecular formula is C20H25NO2. The number of fused-ring (bicyclic) bond motifs is 1. The van der Waals surface area contributed by atoms with Crippen LogP contribution in [0.4, 0.5) is 4.79 Å². The van der Waals surface area contributed by atoms with Gasteiger partial charge in [0, 0.05) is 19.0 Å². The predicted molar refractivity (Wildman–Crippen MR) is 93.9 cm³/mol. The van der Waals surface area contributed by atoms with Crippen LogP contribution in [0.5, 0.6) is 0 Å². The molecule has 3 heteroatoms. The fourth-order valence-corrected chi connectivity index (χ4v) is 3.34. The van der Waals surface area contributed by atoms with Crippen LogP contribution < -0.4 is 0 Å². The molecule has 0 aliphatic carbocycles. The van der Waals surface area contributed by atoms with Crippen molar-refractivity contribution < 1.29 is 9.53 Å². The van der Waals surface area contributed by atoms with Crippen molar-refractivity contribution >= 4 is 16.9 Å². The van der Waals surface area contributed by atoms with Gasteiger partial charge in [0.05, 0.1) is 0 Å². The number of likely N-dealkylation sites (tertiary alicyclic amines) is 1. The Morgan fingerprint density at radius 1 is 1.13 bits per heavy atom. The Morgan fingerprint density at radius 3 is 2.52 bits per heavy atom. The zero-order valence-electron chi connectivity index (χ0n) is 14.4. The van der Waals surface area contributed by atoms with E-state index >= 15 is 0 Å². The summed E-state index contributed by atoms with van der Waals surface area (Å²) in [6.45, 7) is 9.38. The van der Waals surface area contributed by atoms with Crippen LogP contribution in [0, 0.1) is 6.92 Å². The number of aryl methyl sites for hydroxylation is 1. The minimum atomic E-state index is -0.439. The van der Waals surface area contributed by atoms with E-state index in [0.29, 0.717) is 5.92 Å². The van der Waals surface area contributed by atoms with Crippen molar-refractivity contribution in [3.8, 4) is 0 Å². The molecule has 0 saturated carbocycles. The Bertz CT molecular complexity index is 730. The highest BCUT2D eigenvalue weighted by Crippen LogP contribution is 2.34. The third-order valence-corrected chi connectivity index (χ3v) is 4.46. The summed E-state index contributed by atoms with van der Waals surface area (Å²) in [6.07, 6.45) is 0.795. The minimum Gasteiger partial charge on any atom is -0.444 e. The van der Waals surface area contributed by atoms with Gasteiger partial charge < -0.3 is 9.64 Å². The highest BCUT2D eigenvalue weighted by atomic mass is 16.6. The second kappa shape index (κ2) is 5.88. The Balaban J connectivity index is 1.83. The molecule has 0 aromatic heterocycles. The minimum absolute atomic E-state index is 0.198. The molecule has 1 aliphatic heterocycles. The molecular weight excluding hydrogens is 286 g/mol. The quantitative estimate of drug-likeness (QED) is 0.751. The largest absolute Gasteiger partial charge is 0.444 e. The van der Waals surface area contributed by atoms with Crippen molar-refractivity contribution in [1.29, 1.82) is 0 Å². The highest BCUT2D eigenvalue weighted by Gasteiger charge is 2.31.